The maximum absolute atomic E-state index is 6.38. The van der Waals surface area contributed by atoms with Crippen LogP contribution < -0.4 is 19.3 Å². The predicted molar refractivity (Wildman–Crippen MR) is 324 cm³/mol. The maximum Gasteiger partial charge on any atom is 0.127 e. The molecule has 0 saturated heterocycles. The summed E-state index contributed by atoms with van der Waals surface area (Å²) in [6.07, 6.45) is 2.76. The van der Waals surface area contributed by atoms with Crippen LogP contribution in [0.1, 0.15) is 73.9 Å². The number of benzene rings is 12. The SMILES string of the molecule is CCC1(N(c2ccc(Oc3ccccc3)cc2)c2cc3ccccc3c3ccccc23)Cc2cc3c(cc21)C(C)(C)c1cc2c(cc1-3)C2(CC)N(c1ccc(Oc2ccccc2)cc1)c1cc2ccccc2c2ccccc12. The Kier molecular flexibility index (Phi) is 10.3. The van der Waals surface area contributed by atoms with E-state index in [0.717, 1.165) is 53.6 Å². The molecule has 0 aliphatic heterocycles. The van der Waals surface area contributed by atoms with Gasteiger partial charge in [-0.25, -0.2) is 0 Å². The second-order valence-corrected chi connectivity index (χ2v) is 22.2. The fourth-order valence-electron chi connectivity index (χ4n) is 14.0. The zero-order valence-corrected chi connectivity index (χ0v) is 44.4. The lowest BCUT2D eigenvalue weighted by molar-refractivity contribution is 0.363. The van der Waals surface area contributed by atoms with Gasteiger partial charge in [-0.1, -0.05) is 179 Å². The first kappa shape index (κ1) is 46.2. The molecule has 2 unspecified atom stereocenters. The van der Waals surface area contributed by atoms with Crippen LogP contribution in [-0.2, 0) is 22.9 Å². The van der Waals surface area contributed by atoms with Crippen molar-refractivity contribution in [3.63, 3.8) is 0 Å². The van der Waals surface area contributed by atoms with E-state index >= 15 is 0 Å². The highest BCUT2D eigenvalue weighted by Gasteiger charge is 2.57. The van der Waals surface area contributed by atoms with E-state index in [1.807, 2.05) is 60.7 Å². The molecule has 0 N–H and O–H groups in total. The topological polar surface area (TPSA) is 24.9 Å². The molecule has 78 heavy (non-hydrogen) atoms. The molecule has 3 aliphatic rings. The lowest BCUT2D eigenvalue weighted by atomic mass is 9.65. The van der Waals surface area contributed by atoms with Gasteiger partial charge in [-0.2, -0.15) is 0 Å². The lowest BCUT2D eigenvalue weighted by Crippen LogP contribution is -2.52. The van der Waals surface area contributed by atoms with Crippen molar-refractivity contribution in [2.75, 3.05) is 9.80 Å². The zero-order chi connectivity index (χ0) is 52.3. The number of anilines is 4. The van der Waals surface area contributed by atoms with Crippen LogP contribution in [0.15, 0.2) is 243 Å². The molecule has 4 nitrogen and oxygen atoms in total. The largest absolute Gasteiger partial charge is 0.457 e. The zero-order valence-electron chi connectivity index (χ0n) is 44.4. The minimum Gasteiger partial charge on any atom is -0.457 e. The van der Waals surface area contributed by atoms with Crippen LogP contribution in [0, 0.1) is 0 Å². The van der Waals surface area contributed by atoms with Gasteiger partial charge in [0.05, 0.1) is 22.5 Å². The van der Waals surface area contributed by atoms with Crippen molar-refractivity contribution >= 4 is 65.8 Å². The maximum atomic E-state index is 6.38. The van der Waals surface area contributed by atoms with Gasteiger partial charge in [-0.3, -0.25) is 0 Å². The van der Waals surface area contributed by atoms with Crippen LogP contribution in [0.25, 0.3) is 54.2 Å². The molecule has 2 atom stereocenters. The molecule has 3 aliphatic carbocycles. The Morgan fingerprint density at radius 1 is 0.359 bits per heavy atom. The van der Waals surface area contributed by atoms with Crippen molar-refractivity contribution in [2.45, 2.75) is 63.5 Å². The van der Waals surface area contributed by atoms with Crippen molar-refractivity contribution < 1.29 is 9.47 Å². The van der Waals surface area contributed by atoms with E-state index in [0.29, 0.717) is 0 Å². The third-order valence-electron chi connectivity index (χ3n) is 17.9. The Morgan fingerprint density at radius 2 is 0.769 bits per heavy atom. The summed E-state index contributed by atoms with van der Waals surface area (Å²) in [5, 5.41) is 10.0. The van der Waals surface area contributed by atoms with Crippen molar-refractivity contribution in [1.29, 1.82) is 0 Å². The second-order valence-electron chi connectivity index (χ2n) is 22.2. The average Bonchev–Trinajstić information content (AvgIpc) is 4.08. The van der Waals surface area contributed by atoms with Gasteiger partial charge in [0.25, 0.3) is 0 Å². The first-order valence-corrected chi connectivity index (χ1v) is 27.7. The van der Waals surface area contributed by atoms with Gasteiger partial charge in [0, 0.05) is 34.0 Å². The molecule has 0 spiro atoms. The normalized spacial score (nSPS) is 17.2. The number of para-hydroxylation sites is 2. The molecular weight excluding hydrogens is 949 g/mol. The minimum atomic E-state index is -0.365. The number of rotatable bonds is 12. The summed E-state index contributed by atoms with van der Waals surface area (Å²) < 4.78 is 12.8. The molecular formula is C74H58N2O2. The number of fused-ring (bicyclic) bond motifs is 11. The first-order chi connectivity index (χ1) is 38.3. The van der Waals surface area contributed by atoms with E-state index in [1.165, 1.54) is 99.0 Å². The Bertz CT molecular complexity index is 4360. The third-order valence-corrected chi connectivity index (χ3v) is 17.9. The van der Waals surface area contributed by atoms with Gasteiger partial charge in [0.15, 0.2) is 0 Å². The average molecular weight is 1010 g/mol. The molecule has 12 aromatic rings. The summed E-state index contributed by atoms with van der Waals surface area (Å²) in [4.78, 5) is 5.33. The van der Waals surface area contributed by atoms with Gasteiger partial charge < -0.3 is 19.3 Å². The van der Waals surface area contributed by atoms with Gasteiger partial charge in [0.2, 0.25) is 0 Å². The summed E-state index contributed by atoms with van der Waals surface area (Å²) >= 11 is 0. The van der Waals surface area contributed by atoms with Crippen LogP contribution in [-0.4, -0.2) is 0 Å². The molecule has 376 valence electrons. The molecule has 0 fully saturated rings. The monoisotopic (exact) mass is 1010 g/mol. The second kappa shape index (κ2) is 17.5. The molecule has 0 amide bonds. The lowest BCUT2D eigenvalue weighted by Gasteiger charge is -2.53. The van der Waals surface area contributed by atoms with Gasteiger partial charge in [0.1, 0.15) is 23.0 Å². The standard InChI is InChI=1S/C74H58N2O2/c1-5-73(75(51-33-37-55(38-34-51)77-53-23-9-7-10-24-53)70-42-48-21-13-15-27-57(48)59-29-17-19-31-61(59)70)47-50-41-63-64-44-68-69(46-67(64)72(3,4)66(63)45-65(50)73)74(68,6-2)76(52-35-39-56(40-36-52)78-54-25-11-8-12-26-54)71-43-49-22-14-16-28-58(49)60-30-18-20-32-62(60)71/h7-46H,5-6,47H2,1-4H3. The minimum absolute atomic E-state index is 0.250. The third kappa shape index (κ3) is 6.85. The van der Waals surface area contributed by atoms with Crippen molar-refractivity contribution in [1.82, 2.24) is 0 Å². The quantitative estimate of drug-likeness (QED) is 0.114. The molecule has 0 radical (unpaired) electrons. The van der Waals surface area contributed by atoms with Crippen LogP contribution in [0.2, 0.25) is 0 Å². The van der Waals surface area contributed by atoms with Crippen LogP contribution >= 0.6 is 0 Å². The van der Waals surface area contributed by atoms with E-state index in [4.69, 9.17) is 9.47 Å². The van der Waals surface area contributed by atoms with Crippen LogP contribution in [0.4, 0.5) is 22.7 Å². The first-order valence-electron chi connectivity index (χ1n) is 27.7. The molecule has 4 heteroatoms. The van der Waals surface area contributed by atoms with E-state index in [9.17, 15) is 0 Å². The number of ether oxygens (including phenoxy) is 2. The summed E-state index contributed by atoms with van der Waals surface area (Å²) in [7, 11) is 0. The van der Waals surface area contributed by atoms with E-state index in [1.54, 1.807) is 0 Å². The Labute approximate surface area is 456 Å². The summed E-state index contributed by atoms with van der Waals surface area (Å²) in [5.41, 5.74) is 15.0. The predicted octanol–water partition coefficient (Wildman–Crippen LogP) is 20.0. The van der Waals surface area contributed by atoms with Crippen molar-refractivity contribution in [2.24, 2.45) is 0 Å². The Morgan fingerprint density at radius 3 is 1.28 bits per heavy atom. The Hall–Kier alpha value is -9.12. The molecule has 12 aromatic carbocycles. The number of hydrogen-bond acceptors (Lipinski definition) is 4. The number of hydrogen-bond donors (Lipinski definition) is 0. The molecule has 0 bridgehead atoms. The summed E-state index contributed by atoms with van der Waals surface area (Å²) in [6.45, 7) is 9.67. The van der Waals surface area contributed by atoms with Gasteiger partial charge in [-0.15, -0.1) is 0 Å². The van der Waals surface area contributed by atoms with Crippen molar-refractivity contribution in [3.8, 4) is 34.1 Å². The van der Waals surface area contributed by atoms with E-state index in [-0.39, 0.29) is 16.5 Å². The molecule has 0 aromatic heterocycles. The molecule has 0 saturated carbocycles. The van der Waals surface area contributed by atoms with E-state index < -0.39 is 0 Å². The fraction of sp³-hybridized carbons (Fsp3) is 0.135. The highest BCUT2D eigenvalue weighted by Crippen LogP contribution is 2.65. The smallest absolute Gasteiger partial charge is 0.127 e. The summed E-state index contributed by atoms with van der Waals surface area (Å²) in [6, 6.07) is 88.5. The van der Waals surface area contributed by atoms with Crippen molar-refractivity contribution in [3.05, 3.63) is 276 Å². The summed E-state index contributed by atoms with van der Waals surface area (Å²) in [5.74, 6) is 3.28. The molecule has 15 rings (SSSR count). The van der Waals surface area contributed by atoms with Gasteiger partial charge in [-0.05, 0) is 181 Å². The molecule has 0 heterocycles. The highest BCUT2D eigenvalue weighted by atomic mass is 16.5. The Balaban J connectivity index is 0.862. The fourth-order valence-corrected chi connectivity index (χ4v) is 14.0. The van der Waals surface area contributed by atoms with Gasteiger partial charge >= 0.3 is 0 Å². The number of nitrogens with zero attached hydrogens (tertiary/aromatic N) is 2. The van der Waals surface area contributed by atoms with E-state index in [2.05, 4.69) is 219 Å². The highest BCUT2D eigenvalue weighted by molar-refractivity contribution is 6.15. The van der Waals surface area contributed by atoms with Crippen LogP contribution in [0.3, 0.4) is 0 Å². The van der Waals surface area contributed by atoms with Crippen LogP contribution in [0.5, 0.6) is 23.0 Å².